The fourth-order valence-electron chi connectivity index (χ4n) is 1.85. The van der Waals surface area contributed by atoms with Gasteiger partial charge in [0.1, 0.15) is 4.99 Å². The molecule has 0 bridgehead atoms. The number of benzene rings is 1. The lowest BCUT2D eigenvalue weighted by Crippen LogP contribution is -2.30. The van der Waals surface area contributed by atoms with E-state index in [0.29, 0.717) is 11.0 Å². The minimum atomic E-state index is 0.348. The van der Waals surface area contributed by atoms with Gasteiger partial charge in [0, 0.05) is 23.8 Å². The van der Waals surface area contributed by atoms with Gasteiger partial charge in [0.25, 0.3) is 0 Å². The lowest BCUT2D eigenvalue weighted by molar-refractivity contribution is 0.392. The van der Waals surface area contributed by atoms with Crippen LogP contribution < -0.4 is 11.1 Å². The molecule has 3 nitrogen and oxygen atoms in total. The third-order valence-corrected chi connectivity index (χ3v) is 2.70. The van der Waals surface area contributed by atoms with Crippen LogP contribution in [0, 0.1) is 6.92 Å². The second kappa shape index (κ2) is 5.98. The van der Waals surface area contributed by atoms with E-state index in [0.717, 1.165) is 17.8 Å². The van der Waals surface area contributed by atoms with Crippen LogP contribution >= 0.6 is 12.2 Å². The van der Waals surface area contributed by atoms with Gasteiger partial charge in [-0.15, -0.1) is 0 Å². The highest BCUT2D eigenvalue weighted by atomic mass is 32.1. The number of aryl methyl sites for hydroxylation is 1. The van der Waals surface area contributed by atoms with Gasteiger partial charge in [-0.25, -0.2) is 0 Å². The van der Waals surface area contributed by atoms with E-state index >= 15 is 0 Å². The zero-order chi connectivity index (χ0) is 13.0. The molecule has 4 heteroatoms. The van der Waals surface area contributed by atoms with Gasteiger partial charge < -0.3 is 16.0 Å². The molecule has 0 fully saturated rings. The standard InChI is InChI=1S/C13H21N3S/c1-9-5-6-12(11(7-9)13(14)17)15-10(2)8-16(3)4/h5-7,10,15H,8H2,1-4H3,(H2,14,17). The molecule has 94 valence electrons. The van der Waals surface area contributed by atoms with Gasteiger partial charge in [0.15, 0.2) is 0 Å². The average Bonchev–Trinajstić information content (AvgIpc) is 2.19. The Kier molecular flexibility index (Phi) is 4.90. The molecule has 0 spiro atoms. The van der Waals surface area contributed by atoms with Crippen molar-refractivity contribution in [2.24, 2.45) is 5.73 Å². The van der Waals surface area contributed by atoms with Crippen molar-refractivity contribution in [3.8, 4) is 0 Å². The zero-order valence-corrected chi connectivity index (χ0v) is 11.8. The number of thiocarbonyl (C=S) groups is 1. The van der Waals surface area contributed by atoms with Crippen molar-refractivity contribution in [3.05, 3.63) is 29.3 Å². The van der Waals surface area contributed by atoms with Crippen LogP contribution in [0.5, 0.6) is 0 Å². The van der Waals surface area contributed by atoms with Crippen LogP contribution in [0.2, 0.25) is 0 Å². The largest absolute Gasteiger partial charge is 0.389 e. The van der Waals surface area contributed by atoms with Gasteiger partial charge in [-0.3, -0.25) is 0 Å². The summed E-state index contributed by atoms with van der Waals surface area (Å²) in [6.07, 6.45) is 0. The van der Waals surface area contributed by atoms with Crippen LogP contribution in [0.1, 0.15) is 18.1 Å². The van der Waals surface area contributed by atoms with Gasteiger partial charge in [-0.05, 0) is 40.1 Å². The smallest absolute Gasteiger partial charge is 0.106 e. The number of likely N-dealkylation sites (N-methyl/N-ethyl adjacent to an activating group) is 1. The molecule has 1 rings (SSSR count). The van der Waals surface area contributed by atoms with Gasteiger partial charge in [-0.1, -0.05) is 23.8 Å². The third-order valence-electron chi connectivity index (χ3n) is 2.48. The van der Waals surface area contributed by atoms with E-state index in [1.807, 2.05) is 19.1 Å². The Morgan fingerprint density at radius 1 is 1.47 bits per heavy atom. The van der Waals surface area contributed by atoms with E-state index in [2.05, 4.69) is 37.3 Å². The summed E-state index contributed by atoms with van der Waals surface area (Å²) in [5, 5.41) is 3.44. The molecule has 3 N–H and O–H groups in total. The monoisotopic (exact) mass is 251 g/mol. The first kappa shape index (κ1) is 13.9. The number of nitrogens with zero attached hydrogens (tertiary/aromatic N) is 1. The van der Waals surface area contributed by atoms with Crippen LogP contribution in [0.3, 0.4) is 0 Å². The molecule has 0 radical (unpaired) electrons. The minimum absolute atomic E-state index is 0.348. The number of rotatable bonds is 5. The topological polar surface area (TPSA) is 41.3 Å². The SMILES string of the molecule is Cc1ccc(NC(C)CN(C)C)c(C(N)=S)c1. The van der Waals surface area contributed by atoms with Crippen LogP contribution in [-0.2, 0) is 0 Å². The predicted octanol–water partition coefficient (Wildman–Crippen LogP) is 1.99. The van der Waals surface area contributed by atoms with Crippen molar-refractivity contribution in [2.75, 3.05) is 26.0 Å². The highest BCUT2D eigenvalue weighted by Crippen LogP contribution is 2.18. The van der Waals surface area contributed by atoms with Crippen LogP contribution in [0.15, 0.2) is 18.2 Å². The second-order valence-electron chi connectivity index (χ2n) is 4.72. The third kappa shape index (κ3) is 4.32. The fraction of sp³-hybridized carbons (Fsp3) is 0.462. The first-order valence-corrected chi connectivity index (χ1v) is 6.12. The predicted molar refractivity (Wildman–Crippen MR) is 78.7 cm³/mol. The Morgan fingerprint density at radius 2 is 2.12 bits per heavy atom. The van der Waals surface area contributed by atoms with Crippen LogP contribution in [0.25, 0.3) is 0 Å². The average molecular weight is 251 g/mol. The summed E-state index contributed by atoms with van der Waals surface area (Å²) in [6.45, 7) is 5.14. The maximum Gasteiger partial charge on any atom is 0.106 e. The van der Waals surface area contributed by atoms with E-state index in [-0.39, 0.29) is 0 Å². The van der Waals surface area contributed by atoms with Gasteiger partial charge in [0.2, 0.25) is 0 Å². The molecule has 0 aliphatic carbocycles. The molecule has 1 unspecified atom stereocenters. The lowest BCUT2D eigenvalue weighted by Gasteiger charge is -2.21. The molecule has 0 aliphatic heterocycles. The van der Waals surface area contributed by atoms with Crippen molar-refractivity contribution >= 4 is 22.9 Å². The van der Waals surface area contributed by atoms with Crippen molar-refractivity contribution < 1.29 is 0 Å². The fourth-order valence-corrected chi connectivity index (χ4v) is 2.02. The number of hydrogen-bond donors (Lipinski definition) is 2. The summed E-state index contributed by atoms with van der Waals surface area (Å²) in [4.78, 5) is 2.58. The molecular weight excluding hydrogens is 230 g/mol. The maximum absolute atomic E-state index is 5.74. The molecule has 0 saturated heterocycles. The number of nitrogens with two attached hydrogens (primary N) is 1. The molecule has 0 heterocycles. The van der Waals surface area contributed by atoms with E-state index in [1.165, 1.54) is 5.56 Å². The van der Waals surface area contributed by atoms with Crippen LogP contribution in [-0.4, -0.2) is 36.6 Å². The Balaban J connectivity index is 2.86. The second-order valence-corrected chi connectivity index (χ2v) is 5.16. The minimum Gasteiger partial charge on any atom is -0.389 e. The Bertz CT molecular complexity index is 402. The van der Waals surface area contributed by atoms with Crippen molar-refractivity contribution in [2.45, 2.75) is 19.9 Å². The van der Waals surface area contributed by atoms with Crippen molar-refractivity contribution in [3.63, 3.8) is 0 Å². The highest BCUT2D eigenvalue weighted by molar-refractivity contribution is 7.80. The highest BCUT2D eigenvalue weighted by Gasteiger charge is 2.09. The first-order chi connectivity index (χ1) is 7.90. The van der Waals surface area contributed by atoms with E-state index in [4.69, 9.17) is 18.0 Å². The molecule has 0 aliphatic rings. The molecule has 1 aromatic carbocycles. The Labute approximate surface area is 109 Å². The summed E-state index contributed by atoms with van der Waals surface area (Å²) in [5.74, 6) is 0. The summed E-state index contributed by atoms with van der Waals surface area (Å²) >= 11 is 5.08. The summed E-state index contributed by atoms with van der Waals surface area (Å²) < 4.78 is 0. The number of nitrogens with one attached hydrogen (secondary N) is 1. The molecule has 0 amide bonds. The summed E-state index contributed by atoms with van der Waals surface area (Å²) in [6, 6.07) is 6.47. The first-order valence-electron chi connectivity index (χ1n) is 5.72. The normalized spacial score (nSPS) is 12.5. The van der Waals surface area contributed by atoms with E-state index < -0.39 is 0 Å². The number of anilines is 1. The molecule has 0 aromatic heterocycles. The van der Waals surface area contributed by atoms with Gasteiger partial charge >= 0.3 is 0 Å². The zero-order valence-electron chi connectivity index (χ0n) is 10.9. The number of hydrogen-bond acceptors (Lipinski definition) is 3. The summed E-state index contributed by atoms with van der Waals surface area (Å²) in [5.41, 5.74) is 8.84. The molecular formula is C13H21N3S. The molecule has 0 saturated carbocycles. The van der Waals surface area contributed by atoms with Gasteiger partial charge in [-0.2, -0.15) is 0 Å². The van der Waals surface area contributed by atoms with Crippen LogP contribution in [0.4, 0.5) is 5.69 Å². The van der Waals surface area contributed by atoms with E-state index in [1.54, 1.807) is 0 Å². The summed E-state index contributed by atoms with van der Waals surface area (Å²) in [7, 11) is 4.11. The maximum atomic E-state index is 5.74. The Morgan fingerprint density at radius 3 is 2.65 bits per heavy atom. The van der Waals surface area contributed by atoms with Crippen molar-refractivity contribution in [1.82, 2.24) is 4.90 Å². The molecule has 1 atom stereocenters. The quantitative estimate of drug-likeness (QED) is 0.785. The van der Waals surface area contributed by atoms with E-state index in [9.17, 15) is 0 Å². The Hall–Kier alpha value is -1.13. The lowest BCUT2D eigenvalue weighted by atomic mass is 10.1. The molecule has 17 heavy (non-hydrogen) atoms. The molecule has 1 aromatic rings. The van der Waals surface area contributed by atoms with Gasteiger partial charge in [0.05, 0.1) is 0 Å². The van der Waals surface area contributed by atoms with Crippen molar-refractivity contribution in [1.29, 1.82) is 0 Å².